The third kappa shape index (κ3) is 4.17. The minimum atomic E-state index is -3.24. The molecule has 0 N–H and O–H groups in total. The summed E-state index contributed by atoms with van der Waals surface area (Å²) in [5.41, 5.74) is -0.672. The summed E-state index contributed by atoms with van der Waals surface area (Å²) in [6.45, 7) is 0. The minimum Gasteiger partial charge on any atom is -0.465 e. The molecule has 142 valence electrons. The fraction of sp³-hybridized carbons (Fsp3) is 0.467. The summed E-state index contributed by atoms with van der Waals surface area (Å²) in [6.07, 6.45) is 0.269. The first-order chi connectivity index (χ1) is 12.1. The molecule has 0 unspecified atom stereocenters. The maximum atomic E-state index is 12.9. The maximum absolute atomic E-state index is 12.9. The van der Waals surface area contributed by atoms with Crippen LogP contribution in [-0.2, 0) is 14.6 Å². The highest BCUT2D eigenvalue weighted by Gasteiger charge is 2.37. The number of carbonyl (C=O) groups is 2. The Morgan fingerprint density at radius 1 is 1.23 bits per heavy atom. The van der Waals surface area contributed by atoms with E-state index < -0.39 is 38.4 Å². The Kier molecular flexibility index (Phi) is 5.62. The first-order valence-electron chi connectivity index (χ1n) is 7.64. The molecule has 0 saturated carbocycles. The summed E-state index contributed by atoms with van der Waals surface area (Å²) in [4.78, 5) is 35.1. The van der Waals surface area contributed by atoms with Gasteiger partial charge in [-0.3, -0.25) is 19.9 Å². The van der Waals surface area contributed by atoms with Crippen molar-refractivity contribution >= 4 is 27.4 Å². The highest BCUT2D eigenvalue weighted by molar-refractivity contribution is 7.91. The lowest BCUT2D eigenvalue weighted by molar-refractivity contribution is -0.384. The molecule has 11 heteroatoms. The number of hydrazine groups is 1. The number of sulfone groups is 1. The fourth-order valence-electron chi connectivity index (χ4n) is 2.85. The summed E-state index contributed by atoms with van der Waals surface area (Å²) in [5.74, 6) is -1.67. The van der Waals surface area contributed by atoms with Gasteiger partial charge in [0.15, 0.2) is 9.84 Å². The summed E-state index contributed by atoms with van der Waals surface area (Å²) < 4.78 is 28.1. The quantitative estimate of drug-likeness (QED) is 0.407. The van der Waals surface area contributed by atoms with E-state index in [0.29, 0.717) is 0 Å². The molecule has 26 heavy (non-hydrogen) atoms. The second-order valence-electron chi connectivity index (χ2n) is 6.07. The van der Waals surface area contributed by atoms with E-state index >= 15 is 0 Å². The number of carbonyl (C=O) groups excluding carboxylic acids is 2. The van der Waals surface area contributed by atoms with E-state index in [0.717, 1.165) is 19.2 Å². The lowest BCUT2D eigenvalue weighted by Gasteiger charge is -2.33. The number of rotatable bonds is 5. The Bertz CT molecular complexity index is 851. The molecule has 1 aliphatic rings. The fourth-order valence-corrected chi connectivity index (χ4v) is 4.54. The number of hydrogen-bond donors (Lipinski definition) is 0. The van der Waals surface area contributed by atoms with Gasteiger partial charge in [-0.05, 0) is 12.5 Å². The molecular formula is C15H19N3O7S. The van der Waals surface area contributed by atoms with Gasteiger partial charge in [-0.25, -0.2) is 18.2 Å². The second kappa shape index (κ2) is 7.38. The average Bonchev–Trinajstić information content (AvgIpc) is 2.92. The second-order valence-corrected chi connectivity index (χ2v) is 8.30. The van der Waals surface area contributed by atoms with Gasteiger partial charge in [0.1, 0.15) is 0 Å². The predicted octanol–water partition coefficient (Wildman–Crippen LogP) is 0.487. The van der Waals surface area contributed by atoms with E-state index in [-0.39, 0.29) is 29.1 Å². The van der Waals surface area contributed by atoms with Crippen LogP contribution in [0, 0.1) is 10.1 Å². The van der Waals surface area contributed by atoms with Crippen molar-refractivity contribution in [3.05, 3.63) is 39.4 Å². The van der Waals surface area contributed by atoms with Crippen molar-refractivity contribution in [2.45, 2.75) is 12.5 Å². The Morgan fingerprint density at radius 3 is 2.31 bits per heavy atom. The number of esters is 1. The SMILES string of the molecule is COC(=O)c1cc(C(=O)N([C@H]2CCS(=O)(=O)C2)N(C)C)cc([N+](=O)[O-])c1. The molecule has 1 heterocycles. The number of nitro groups is 1. The van der Waals surface area contributed by atoms with Gasteiger partial charge in [-0.15, -0.1) is 0 Å². The Hall–Kier alpha value is -2.53. The average molecular weight is 385 g/mol. The largest absolute Gasteiger partial charge is 0.465 e. The Balaban J connectivity index is 2.46. The van der Waals surface area contributed by atoms with Crippen molar-refractivity contribution in [2.75, 3.05) is 32.7 Å². The molecule has 0 radical (unpaired) electrons. The van der Waals surface area contributed by atoms with Crippen LogP contribution in [0.15, 0.2) is 18.2 Å². The predicted molar refractivity (Wildman–Crippen MR) is 91.4 cm³/mol. The van der Waals surface area contributed by atoms with E-state index in [1.54, 1.807) is 14.1 Å². The number of non-ortho nitro benzene ring substituents is 1. The number of amides is 1. The van der Waals surface area contributed by atoms with E-state index in [2.05, 4.69) is 4.74 Å². The van der Waals surface area contributed by atoms with Gasteiger partial charge in [0, 0.05) is 31.8 Å². The first-order valence-corrected chi connectivity index (χ1v) is 9.47. The van der Waals surface area contributed by atoms with E-state index in [1.165, 1.54) is 16.1 Å². The molecule has 1 aromatic rings. The molecule has 0 aliphatic carbocycles. The zero-order valence-corrected chi connectivity index (χ0v) is 15.4. The van der Waals surface area contributed by atoms with Gasteiger partial charge in [0.25, 0.3) is 11.6 Å². The molecule has 1 fully saturated rings. The monoisotopic (exact) mass is 385 g/mol. The molecule has 1 aliphatic heterocycles. The molecule has 1 atom stereocenters. The zero-order valence-electron chi connectivity index (χ0n) is 14.5. The summed E-state index contributed by atoms with van der Waals surface area (Å²) in [7, 11) is 1.03. The third-order valence-corrected chi connectivity index (χ3v) is 5.74. The van der Waals surface area contributed by atoms with Gasteiger partial charge in [0.05, 0.1) is 35.1 Å². The summed E-state index contributed by atoms with van der Waals surface area (Å²) >= 11 is 0. The minimum absolute atomic E-state index is 0.0301. The van der Waals surface area contributed by atoms with E-state index in [9.17, 15) is 28.1 Å². The van der Waals surface area contributed by atoms with Crippen molar-refractivity contribution in [1.82, 2.24) is 10.0 Å². The van der Waals surface area contributed by atoms with Crippen LogP contribution in [0.4, 0.5) is 5.69 Å². The number of nitro benzene ring substituents is 1. The Labute approximate surface area is 150 Å². The molecule has 0 aromatic heterocycles. The zero-order chi connectivity index (χ0) is 19.6. The highest BCUT2D eigenvalue weighted by atomic mass is 32.2. The number of nitrogens with zero attached hydrogens (tertiary/aromatic N) is 3. The van der Waals surface area contributed by atoms with Gasteiger partial charge in [-0.1, -0.05) is 0 Å². The van der Waals surface area contributed by atoms with E-state index in [1.807, 2.05) is 0 Å². The summed E-state index contributed by atoms with van der Waals surface area (Å²) in [5, 5.41) is 13.8. The molecule has 0 spiro atoms. The normalized spacial score (nSPS) is 18.5. The third-order valence-electron chi connectivity index (χ3n) is 3.99. The van der Waals surface area contributed by atoms with Crippen LogP contribution >= 0.6 is 0 Å². The van der Waals surface area contributed by atoms with Crippen molar-refractivity contribution in [3.8, 4) is 0 Å². The number of hydrogen-bond acceptors (Lipinski definition) is 8. The molecular weight excluding hydrogens is 366 g/mol. The van der Waals surface area contributed by atoms with Crippen molar-refractivity contribution in [3.63, 3.8) is 0 Å². The maximum Gasteiger partial charge on any atom is 0.338 e. The highest BCUT2D eigenvalue weighted by Crippen LogP contribution is 2.24. The smallest absolute Gasteiger partial charge is 0.338 e. The summed E-state index contributed by atoms with van der Waals surface area (Å²) in [6, 6.07) is 2.68. The first kappa shape index (κ1) is 19.8. The van der Waals surface area contributed by atoms with Crippen molar-refractivity contribution in [2.24, 2.45) is 0 Å². The molecule has 1 aromatic carbocycles. The lowest BCUT2D eigenvalue weighted by Crippen LogP contribution is -2.49. The van der Waals surface area contributed by atoms with Crippen molar-refractivity contribution in [1.29, 1.82) is 0 Å². The van der Waals surface area contributed by atoms with Gasteiger partial charge in [0.2, 0.25) is 0 Å². The number of benzene rings is 1. The topological polar surface area (TPSA) is 127 Å². The standard InChI is InChI=1S/C15H19N3O7S/c1-16(2)17(12-4-5-26(23,24)9-12)14(19)10-6-11(15(20)25-3)8-13(7-10)18(21)22/h6-8,12H,4-5,9H2,1-3H3/t12-/m0/s1. The van der Waals surface area contributed by atoms with Crippen LogP contribution in [0.25, 0.3) is 0 Å². The van der Waals surface area contributed by atoms with Gasteiger partial charge < -0.3 is 4.74 Å². The van der Waals surface area contributed by atoms with Crippen molar-refractivity contribution < 1.29 is 27.7 Å². The molecule has 10 nitrogen and oxygen atoms in total. The molecule has 2 rings (SSSR count). The molecule has 1 saturated heterocycles. The van der Waals surface area contributed by atoms with Crippen LogP contribution in [0.1, 0.15) is 27.1 Å². The van der Waals surface area contributed by atoms with E-state index in [4.69, 9.17) is 0 Å². The van der Waals surface area contributed by atoms with Gasteiger partial charge >= 0.3 is 5.97 Å². The van der Waals surface area contributed by atoms with Crippen LogP contribution in [0.2, 0.25) is 0 Å². The lowest BCUT2D eigenvalue weighted by atomic mass is 10.1. The molecule has 0 bridgehead atoms. The van der Waals surface area contributed by atoms with Crippen LogP contribution in [0.3, 0.4) is 0 Å². The molecule has 1 amide bonds. The van der Waals surface area contributed by atoms with Crippen LogP contribution < -0.4 is 0 Å². The number of ether oxygens (including phenoxy) is 1. The Morgan fingerprint density at radius 2 is 1.85 bits per heavy atom. The van der Waals surface area contributed by atoms with Crippen LogP contribution in [0.5, 0.6) is 0 Å². The number of methoxy groups -OCH3 is 1. The van der Waals surface area contributed by atoms with Gasteiger partial charge in [-0.2, -0.15) is 0 Å². The van der Waals surface area contributed by atoms with Crippen LogP contribution in [-0.4, -0.2) is 74.0 Å².